The highest BCUT2D eigenvalue weighted by atomic mass is 16.1. The molecule has 94 valence electrons. The molecule has 1 aromatic rings. The van der Waals surface area contributed by atoms with Gasteiger partial charge in [-0.1, -0.05) is 38.1 Å². The Kier molecular flexibility index (Phi) is 5.12. The van der Waals surface area contributed by atoms with Crippen LogP contribution in [0.4, 0.5) is 0 Å². The Morgan fingerprint density at radius 3 is 2.24 bits per heavy atom. The number of nitrogens with one attached hydrogen (secondary N) is 1. The predicted molar refractivity (Wildman–Crippen MR) is 69.5 cm³/mol. The fourth-order valence-electron chi connectivity index (χ4n) is 1.54. The van der Waals surface area contributed by atoms with E-state index in [1.807, 2.05) is 12.1 Å². The molecule has 4 heteroatoms. The molecule has 0 bridgehead atoms. The van der Waals surface area contributed by atoms with Gasteiger partial charge in [-0.25, -0.2) is 0 Å². The first-order valence-corrected chi connectivity index (χ1v) is 5.86. The summed E-state index contributed by atoms with van der Waals surface area (Å²) >= 11 is 0. The van der Waals surface area contributed by atoms with Crippen molar-refractivity contribution in [1.82, 2.24) is 5.32 Å². The molecule has 5 N–H and O–H groups in total. The molecular weight excluding hydrogens is 214 g/mol. The van der Waals surface area contributed by atoms with E-state index in [-0.39, 0.29) is 18.5 Å². The van der Waals surface area contributed by atoms with Crippen molar-refractivity contribution in [3.05, 3.63) is 35.4 Å². The van der Waals surface area contributed by atoms with Crippen LogP contribution in [-0.2, 0) is 4.79 Å². The number of hydrogen-bond donors (Lipinski definition) is 3. The fourth-order valence-corrected chi connectivity index (χ4v) is 1.54. The highest BCUT2D eigenvalue weighted by molar-refractivity contribution is 5.77. The third-order valence-corrected chi connectivity index (χ3v) is 2.74. The molecule has 1 amide bonds. The maximum absolute atomic E-state index is 11.0. The Balaban J connectivity index is 2.57. The van der Waals surface area contributed by atoms with Gasteiger partial charge >= 0.3 is 0 Å². The van der Waals surface area contributed by atoms with Crippen molar-refractivity contribution < 1.29 is 4.79 Å². The minimum atomic E-state index is -0.188. The molecule has 4 nitrogen and oxygen atoms in total. The van der Waals surface area contributed by atoms with Gasteiger partial charge in [0.25, 0.3) is 0 Å². The monoisotopic (exact) mass is 235 g/mol. The number of carbonyl (C=O) groups is 1. The number of hydrogen-bond acceptors (Lipinski definition) is 3. The summed E-state index contributed by atoms with van der Waals surface area (Å²) in [6.07, 6.45) is 0. The minimum absolute atomic E-state index is 0.000985. The summed E-state index contributed by atoms with van der Waals surface area (Å²) in [6.45, 7) is 4.71. The van der Waals surface area contributed by atoms with E-state index in [9.17, 15) is 4.79 Å². The number of rotatable bonds is 5. The summed E-state index contributed by atoms with van der Waals surface area (Å²) in [7, 11) is 0. The first-order valence-electron chi connectivity index (χ1n) is 5.86. The van der Waals surface area contributed by atoms with Crippen molar-refractivity contribution in [2.24, 2.45) is 11.5 Å². The second kappa shape index (κ2) is 6.37. The second-order valence-corrected chi connectivity index (χ2v) is 4.44. The van der Waals surface area contributed by atoms with Gasteiger partial charge in [0, 0.05) is 12.6 Å². The van der Waals surface area contributed by atoms with Crippen molar-refractivity contribution in [1.29, 1.82) is 0 Å². The van der Waals surface area contributed by atoms with Crippen LogP contribution >= 0.6 is 0 Å². The summed E-state index contributed by atoms with van der Waals surface area (Å²) in [5.41, 5.74) is 13.5. The van der Waals surface area contributed by atoms with E-state index in [2.05, 4.69) is 31.3 Å². The van der Waals surface area contributed by atoms with E-state index < -0.39 is 0 Å². The third-order valence-electron chi connectivity index (χ3n) is 2.74. The Labute approximate surface area is 102 Å². The molecule has 1 rings (SSSR count). The lowest BCUT2D eigenvalue weighted by Crippen LogP contribution is -2.35. The quantitative estimate of drug-likeness (QED) is 0.708. The Morgan fingerprint density at radius 2 is 1.76 bits per heavy atom. The van der Waals surface area contributed by atoms with Gasteiger partial charge in [0.2, 0.25) is 5.91 Å². The van der Waals surface area contributed by atoms with Crippen molar-refractivity contribution in [2.45, 2.75) is 25.8 Å². The van der Waals surface area contributed by atoms with Crippen LogP contribution in [0.2, 0.25) is 0 Å². The third kappa shape index (κ3) is 4.17. The molecule has 0 radical (unpaired) electrons. The molecule has 17 heavy (non-hydrogen) atoms. The molecule has 0 aliphatic heterocycles. The molecule has 1 atom stereocenters. The minimum Gasteiger partial charge on any atom is -0.353 e. The largest absolute Gasteiger partial charge is 0.353 e. The number of amides is 1. The van der Waals surface area contributed by atoms with Crippen LogP contribution in [-0.4, -0.2) is 19.0 Å². The lowest BCUT2D eigenvalue weighted by Gasteiger charge is -2.14. The van der Waals surface area contributed by atoms with Gasteiger partial charge in [-0.2, -0.15) is 0 Å². The van der Waals surface area contributed by atoms with E-state index in [1.165, 1.54) is 5.56 Å². The van der Waals surface area contributed by atoms with Crippen LogP contribution in [0.5, 0.6) is 0 Å². The van der Waals surface area contributed by atoms with Gasteiger partial charge in [-0.15, -0.1) is 0 Å². The normalized spacial score (nSPS) is 12.5. The standard InChI is InChI=1S/C13H21N3O/c1-9(2)10-3-5-11(6-4-10)12(15)8-16-13(17)7-14/h3-6,9,12H,7-8,14-15H2,1-2H3,(H,16,17). The predicted octanol–water partition coefficient (Wildman–Crippen LogP) is 0.885. The van der Waals surface area contributed by atoms with E-state index in [1.54, 1.807) is 0 Å². The molecule has 0 saturated carbocycles. The number of carbonyl (C=O) groups excluding carboxylic acids is 1. The lowest BCUT2D eigenvalue weighted by atomic mass is 9.99. The number of nitrogens with two attached hydrogens (primary N) is 2. The highest BCUT2D eigenvalue weighted by Crippen LogP contribution is 2.17. The van der Waals surface area contributed by atoms with Crippen LogP contribution < -0.4 is 16.8 Å². The zero-order valence-corrected chi connectivity index (χ0v) is 10.4. The molecule has 0 heterocycles. The van der Waals surface area contributed by atoms with Gasteiger partial charge in [0.15, 0.2) is 0 Å². The van der Waals surface area contributed by atoms with Crippen molar-refractivity contribution in [3.63, 3.8) is 0 Å². The Bertz CT molecular complexity index is 359. The lowest BCUT2D eigenvalue weighted by molar-refractivity contribution is -0.119. The van der Waals surface area contributed by atoms with Crippen LogP contribution in [0.3, 0.4) is 0 Å². The Morgan fingerprint density at radius 1 is 1.24 bits per heavy atom. The summed E-state index contributed by atoms with van der Waals surface area (Å²) in [4.78, 5) is 11.0. The van der Waals surface area contributed by atoms with Crippen molar-refractivity contribution in [2.75, 3.05) is 13.1 Å². The zero-order valence-electron chi connectivity index (χ0n) is 10.4. The van der Waals surface area contributed by atoms with Gasteiger partial charge in [-0.05, 0) is 17.0 Å². The summed E-state index contributed by atoms with van der Waals surface area (Å²) in [5, 5.41) is 2.68. The van der Waals surface area contributed by atoms with Crippen molar-refractivity contribution in [3.8, 4) is 0 Å². The highest BCUT2D eigenvalue weighted by Gasteiger charge is 2.07. The molecule has 0 saturated heterocycles. The molecular formula is C13H21N3O. The summed E-state index contributed by atoms with van der Waals surface area (Å²) in [6, 6.07) is 7.98. The van der Waals surface area contributed by atoms with Crippen LogP contribution in [0.15, 0.2) is 24.3 Å². The van der Waals surface area contributed by atoms with Crippen LogP contribution in [0, 0.1) is 0 Å². The average Bonchev–Trinajstić information content (AvgIpc) is 2.35. The smallest absolute Gasteiger partial charge is 0.233 e. The zero-order chi connectivity index (χ0) is 12.8. The van der Waals surface area contributed by atoms with Crippen LogP contribution in [0.25, 0.3) is 0 Å². The van der Waals surface area contributed by atoms with E-state index >= 15 is 0 Å². The van der Waals surface area contributed by atoms with E-state index in [0.29, 0.717) is 12.5 Å². The van der Waals surface area contributed by atoms with E-state index in [0.717, 1.165) is 5.56 Å². The molecule has 0 spiro atoms. The SMILES string of the molecule is CC(C)c1ccc(C(N)CNC(=O)CN)cc1. The maximum atomic E-state index is 11.0. The first-order chi connectivity index (χ1) is 8.04. The second-order valence-electron chi connectivity index (χ2n) is 4.44. The molecule has 0 aliphatic carbocycles. The fraction of sp³-hybridized carbons (Fsp3) is 0.462. The molecule has 0 aliphatic rings. The van der Waals surface area contributed by atoms with Gasteiger partial charge < -0.3 is 16.8 Å². The summed E-state index contributed by atoms with van der Waals surface area (Å²) in [5.74, 6) is 0.330. The molecule has 0 aromatic heterocycles. The first kappa shape index (κ1) is 13.7. The number of benzene rings is 1. The molecule has 1 unspecified atom stereocenters. The molecule has 1 aromatic carbocycles. The van der Waals surface area contributed by atoms with E-state index in [4.69, 9.17) is 11.5 Å². The van der Waals surface area contributed by atoms with Crippen LogP contribution in [0.1, 0.15) is 36.9 Å². The maximum Gasteiger partial charge on any atom is 0.233 e. The van der Waals surface area contributed by atoms with Crippen molar-refractivity contribution >= 4 is 5.91 Å². The van der Waals surface area contributed by atoms with Gasteiger partial charge in [-0.3, -0.25) is 4.79 Å². The van der Waals surface area contributed by atoms with Gasteiger partial charge in [0.05, 0.1) is 6.54 Å². The van der Waals surface area contributed by atoms with Gasteiger partial charge in [0.1, 0.15) is 0 Å². The molecule has 0 fully saturated rings. The summed E-state index contributed by atoms with van der Waals surface area (Å²) < 4.78 is 0. The topological polar surface area (TPSA) is 81.1 Å². The Hall–Kier alpha value is -1.39. The average molecular weight is 235 g/mol.